The van der Waals surface area contributed by atoms with Gasteiger partial charge in [-0.15, -0.1) is 0 Å². The van der Waals surface area contributed by atoms with Crippen LogP contribution in [0.25, 0.3) is 0 Å². The van der Waals surface area contributed by atoms with Crippen molar-refractivity contribution in [3.63, 3.8) is 0 Å². The van der Waals surface area contributed by atoms with Crippen LogP contribution < -0.4 is 9.62 Å². The van der Waals surface area contributed by atoms with Crippen LogP contribution in [0.2, 0.25) is 0 Å². The van der Waals surface area contributed by atoms with E-state index in [4.69, 9.17) is 0 Å². The number of aryl methyl sites for hydroxylation is 2. The molecule has 0 spiro atoms. The van der Waals surface area contributed by atoms with Gasteiger partial charge in [-0.1, -0.05) is 25.1 Å². The van der Waals surface area contributed by atoms with E-state index in [9.17, 15) is 8.42 Å². The maximum absolute atomic E-state index is 13.0. The average Bonchev–Trinajstić information content (AvgIpc) is 3.16. The number of sulfonamides is 1. The molecule has 2 aliphatic rings. The van der Waals surface area contributed by atoms with Gasteiger partial charge >= 0.3 is 0 Å². The molecule has 2 aromatic rings. The van der Waals surface area contributed by atoms with Crippen LogP contribution in [-0.4, -0.2) is 46.0 Å². The van der Waals surface area contributed by atoms with Gasteiger partial charge in [-0.05, 0) is 61.2 Å². The minimum Gasteiger partial charge on any atom is -0.367 e. The number of nitrogens with one attached hydrogen (secondary N) is 1. The lowest BCUT2D eigenvalue weighted by Gasteiger charge is -2.36. The fraction of sp³-hybridized carbons (Fsp3) is 0.429. The Morgan fingerprint density at radius 3 is 2.48 bits per heavy atom. The molecule has 0 saturated carbocycles. The van der Waals surface area contributed by atoms with Gasteiger partial charge in [-0.3, -0.25) is 4.72 Å². The monoisotopic (exact) mass is 385 g/mol. The lowest BCUT2D eigenvalue weighted by Crippen LogP contribution is -2.46. The van der Waals surface area contributed by atoms with Gasteiger partial charge in [0.1, 0.15) is 0 Å². The molecule has 27 heavy (non-hydrogen) atoms. The van der Waals surface area contributed by atoms with Crippen LogP contribution in [0.3, 0.4) is 0 Å². The fourth-order valence-corrected chi connectivity index (χ4v) is 5.18. The summed E-state index contributed by atoms with van der Waals surface area (Å²) < 4.78 is 28.8. The van der Waals surface area contributed by atoms with E-state index in [-0.39, 0.29) is 0 Å². The molecule has 1 fully saturated rings. The Hall–Kier alpha value is -2.05. The highest BCUT2D eigenvalue weighted by atomic mass is 32.2. The normalized spacial score (nSPS) is 17.7. The molecule has 1 heterocycles. The third kappa shape index (κ3) is 3.82. The molecule has 0 amide bonds. The van der Waals surface area contributed by atoms with Crippen LogP contribution in [0.4, 0.5) is 11.4 Å². The van der Waals surface area contributed by atoms with Crippen LogP contribution in [0.1, 0.15) is 24.5 Å². The summed E-state index contributed by atoms with van der Waals surface area (Å²) in [6.45, 7) is 7.05. The molecule has 6 heteroatoms. The van der Waals surface area contributed by atoms with E-state index in [1.54, 1.807) is 6.07 Å². The molecule has 0 bridgehead atoms. The predicted molar refractivity (Wildman–Crippen MR) is 110 cm³/mol. The molecular weight excluding hydrogens is 358 g/mol. The quantitative estimate of drug-likeness (QED) is 0.859. The van der Waals surface area contributed by atoms with E-state index in [1.165, 1.54) is 11.1 Å². The molecule has 0 atom stereocenters. The minimum atomic E-state index is -3.60. The Morgan fingerprint density at radius 1 is 0.963 bits per heavy atom. The zero-order valence-corrected chi connectivity index (χ0v) is 16.6. The van der Waals surface area contributed by atoms with Crippen LogP contribution in [0, 0.1) is 0 Å². The number of fused-ring (bicyclic) bond motifs is 1. The maximum atomic E-state index is 13.0. The highest BCUT2D eigenvalue weighted by Gasteiger charge is 2.22. The summed E-state index contributed by atoms with van der Waals surface area (Å²) in [5.41, 5.74) is 4.06. The van der Waals surface area contributed by atoms with E-state index >= 15 is 0 Å². The Morgan fingerprint density at radius 2 is 1.70 bits per heavy atom. The summed E-state index contributed by atoms with van der Waals surface area (Å²) in [6.07, 6.45) is 3.13. The van der Waals surface area contributed by atoms with Crippen LogP contribution in [0.5, 0.6) is 0 Å². The van der Waals surface area contributed by atoms with E-state index in [0.717, 1.165) is 57.7 Å². The molecule has 1 saturated heterocycles. The molecule has 0 unspecified atom stereocenters. The molecule has 0 radical (unpaired) electrons. The summed E-state index contributed by atoms with van der Waals surface area (Å²) >= 11 is 0. The standard InChI is InChI=1S/C21H27N3O2S/c1-2-23-12-14-24(15-13-23)21-9-4-3-8-20(21)22-27(25,26)19-11-10-17-6-5-7-18(17)16-19/h3-4,8-11,16,22H,2,5-7,12-15H2,1H3. The topological polar surface area (TPSA) is 52.6 Å². The Bertz CT molecular complexity index is 919. The lowest BCUT2D eigenvalue weighted by atomic mass is 10.1. The Balaban J connectivity index is 1.57. The van der Waals surface area contributed by atoms with Gasteiger partial charge in [0.2, 0.25) is 0 Å². The number of rotatable bonds is 5. The molecule has 4 rings (SSSR count). The van der Waals surface area contributed by atoms with E-state index in [1.807, 2.05) is 36.4 Å². The molecule has 1 aliphatic heterocycles. The van der Waals surface area contributed by atoms with Crippen molar-refractivity contribution in [1.29, 1.82) is 0 Å². The number of anilines is 2. The predicted octanol–water partition coefficient (Wildman–Crippen LogP) is 3.12. The molecule has 0 aromatic heterocycles. The minimum absolute atomic E-state index is 0.355. The number of nitrogens with zero attached hydrogens (tertiary/aromatic N) is 2. The van der Waals surface area contributed by atoms with Crippen molar-refractivity contribution in [1.82, 2.24) is 4.90 Å². The van der Waals surface area contributed by atoms with Crippen molar-refractivity contribution in [3.05, 3.63) is 53.6 Å². The highest BCUT2D eigenvalue weighted by Crippen LogP contribution is 2.30. The number of hydrogen-bond donors (Lipinski definition) is 1. The Labute approximate surface area is 162 Å². The summed E-state index contributed by atoms with van der Waals surface area (Å²) in [5.74, 6) is 0. The highest BCUT2D eigenvalue weighted by molar-refractivity contribution is 7.92. The summed E-state index contributed by atoms with van der Waals surface area (Å²) in [7, 11) is -3.60. The van der Waals surface area contributed by atoms with E-state index in [2.05, 4.69) is 21.4 Å². The Kier molecular flexibility index (Phi) is 5.10. The van der Waals surface area contributed by atoms with Gasteiger partial charge in [0.25, 0.3) is 10.0 Å². The summed E-state index contributed by atoms with van der Waals surface area (Å²) in [5, 5.41) is 0. The molecule has 1 N–H and O–H groups in total. The number of likely N-dealkylation sites (N-methyl/N-ethyl adjacent to an activating group) is 1. The first-order chi connectivity index (χ1) is 13.1. The molecule has 144 valence electrons. The van der Waals surface area contributed by atoms with Crippen LogP contribution >= 0.6 is 0 Å². The second-order valence-electron chi connectivity index (χ2n) is 7.33. The third-order valence-corrected chi connectivity index (χ3v) is 7.05. The number of hydrogen-bond acceptors (Lipinski definition) is 4. The van der Waals surface area contributed by atoms with Crippen molar-refractivity contribution in [2.75, 3.05) is 42.3 Å². The molecule has 1 aliphatic carbocycles. The second kappa shape index (κ2) is 7.52. The van der Waals surface area contributed by atoms with Gasteiger partial charge in [0.05, 0.1) is 16.3 Å². The summed E-state index contributed by atoms with van der Waals surface area (Å²) in [4.78, 5) is 5.04. The van der Waals surface area contributed by atoms with Crippen molar-refractivity contribution in [3.8, 4) is 0 Å². The number of benzene rings is 2. The summed E-state index contributed by atoms with van der Waals surface area (Å²) in [6, 6.07) is 13.2. The van der Waals surface area contributed by atoms with Crippen molar-refractivity contribution in [2.24, 2.45) is 0 Å². The fourth-order valence-electron chi connectivity index (χ4n) is 4.06. The van der Waals surface area contributed by atoms with Gasteiger partial charge in [0.15, 0.2) is 0 Å². The van der Waals surface area contributed by atoms with Crippen molar-refractivity contribution in [2.45, 2.75) is 31.1 Å². The molecular formula is C21H27N3O2S. The largest absolute Gasteiger partial charge is 0.367 e. The second-order valence-corrected chi connectivity index (χ2v) is 9.01. The van der Waals surface area contributed by atoms with Gasteiger partial charge in [-0.2, -0.15) is 0 Å². The van der Waals surface area contributed by atoms with Crippen molar-refractivity contribution >= 4 is 21.4 Å². The first-order valence-corrected chi connectivity index (χ1v) is 11.3. The zero-order valence-electron chi connectivity index (χ0n) is 15.8. The van der Waals surface area contributed by atoms with E-state index < -0.39 is 10.0 Å². The zero-order chi connectivity index (χ0) is 18.9. The van der Waals surface area contributed by atoms with Crippen LogP contribution in [0.15, 0.2) is 47.4 Å². The van der Waals surface area contributed by atoms with E-state index in [0.29, 0.717) is 10.6 Å². The SMILES string of the molecule is CCN1CCN(c2ccccc2NS(=O)(=O)c2ccc3c(c2)CCC3)CC1. The van der Waals surface area contributed by atoms with Crippen molar-refractivity contribution < 1.29 is 8.42 Å². The van der Waals surface area contributed by atoms with Gasteiger partial charge < -0.3 is 9.80 Å². The van der Waals surface area contributed by atoms with Gasteiger partial charge in [0, 0.05) is 26.2 Å². The van der Waals surface area contributed by atoms with Crippen LogP contribution in [-0.2, 0) is 22.9 Å². The molecule has 2 aromatic carbocycles. The first kappa shape index (κ1) is 18.3. The number of piperazine rings is 1. The molecule has 5 nitrogen and oxygen atoms in total. The smallest absolute Gasteiger partial charge is 0.261 e. The third-order valence-electron chi connectivity index (χ3n) is 5.69. The first-order valence-electron chi connectivity index (χ1n) is 9.78. The van der Waals surface area contributed by atoms with Gasteiger partial charge in [-0.25, -0.2) is 8.42 Å². The maximum Gasteiger partial charge on any atom is 0.261 e. The average molecular weight is 386 g/mol. The lowest BCUT2D eigenvalue weighted by molar-refractivity contribution is 0.271. The number of para-hydroxylation sites is 2.